The number of likely N-dealkylation sites (N-methyl/N-ethyl adjacent to an activating group) is 1. The molecular formula is C19H25FN4O3. The van der Waals surface area contributed by atoms with Gasteiger partial charge in [0.25, 0.3) is 5.91 Å². The van der Waals surface area contributed by atoms with Gasteiger partial charge >= 0.3 is 0 Å². The monoisotopic (exact) mass is 376 g/mol. The van der Waals surface area contributed by atoms with E-state index >= 15 is 0 Å². The highest BCUT2D eigenvalue weighted by Crippen LogP contribution is 2.33. The lowest BCUT2D eigenvalue weighted by molar-refractivity contribution is 0.0938. The lowest BCUT2D eigenvalue weighted by Crippen LogP contribution is -2.37. The van der Waals surface area contributed by atoms with E-state index in [-0.39, 0.29) is 17.7 Å². The number of ether oxygens (including phenoxy) is 1. The number of methoxy groups -OCH3 is 1. The minimum Gasteiger partial charge on any atom is -0.494 e. The SMILES string of the molecule is CCN1CCC(NC(=O)c2c(N(C)C)noc2-c2ccc(F)c(OC)c2)C1. The van der Waals surface area contributed by atoms with Gasteiger partial charge in [0.15, 0.2) is 23.1 Å². The fourth-order valence-corrected chi connectivity index (χ4v) is 3.28. The highest BCUT2D eigenvalue weighted by molar-refractivity contribution is 6.04. The highest BCUT2D eigenvalue weighted by Gasteiger charge is 2.29. The van der Waals surface area contributed by atoms with Crippen LogP contribution in [-0.2, 0) is 0 Å². The number of carbonyl (C=O) groups is 1. The summed E-state index contributed by atoms with van der Waals surface area (Å²) < 4.78 is 24.3. The zero-order valence-corrected chi connectivity index (χ0v) is 16.1. The summed E-state index contributed by atoms with van der Waals surface area (Å²) in [4.78, 5) is 17.0. The molecule has 1 unspecified atom stereocenters. The number of aromatic nitrogens is 1. The zero-order chi connectivity index (χ0) is 19.6. The van der Waals surface area contributed by atoms with E-state index in [0.717, 1.165) is 26.1 Å². The van der Waals surface area contributed by atoms with Crippen molar-refractivity contribution >= 4 is 11.7 Å². The summed E-state index contributed by atoms with van der Waals surface area (Å²) in [5.74, 6) is 0.0680. The maximum absolute atomic E-state index is 13.8. The molecule has 1 aliphatic rings. The minimum atomic E-state index is -0.481. The molecule has 1 fully saturated rings. The van der Waals surface area contributed by atoms with Gasteiger partial charge in [-0.25, -0.2) is 4.39 Å². The molecule has 3 rings (SSSR count). The molecule has 1 atom stereocenters. The second-order valence-corrected chi connectivity index (χ2v) is 6.81. The van der Waals surface area contributed by atoms with Gasteiger partial charge in [-0.05, 0) is 31.2 Å². The first kappa shape index (κ1) is 19.2. The van der Waals surface area contributed by atoms with Gasteiger partial charge in [0.05, 0.1) is 7.11 Å². The third-order valence-electron chi connectivity index (χ3n) is 4.79. The third kappa shape index (κ3) is 3.90. The number of amides is 1. The van der Waals surface area contributed by atoms with Crippen molar-refractivity contribution in [2.24, 2.45) is 0 Å². The number of hydrogen-bond acceptors (Lipinski definition) is 6. The Morgan fingerprint density at radius 1 is 1.48 bits per heavy atom. The number of nitrogens with zero attached hydrogens (tertiary/aromatic N) is 3. The van der Waals surface area contributed by atoms with Crippen molar-refractivity contribution in [3.05, 3.63) is 29.6 Å². The second kappa shape index (κ2) is 7.96. The molecule has 8 heteroatoms. The Morgan fingerprint density at radius 2 is 2.26 bits per heavy atom. The van der Waals surface area contributed by atoms with Gasteiger partial charge in [-0.1, -0.05) is 12.1 Å². The molecule has 1 N–H and O–H groups in total. The number of anilines is 1. The van der Waals surface area contributed by atoms with Crippen LogP contribution in [0, 0.1) is 5.82 Å². The standard InChI is InChI=1S/C19H25FN4O3/c1-5-24-9-8-13(11-24)21-19(25)16-17(27-22-18(16)23(2)3)12-6-7-14(20)15(10-12)26-4/h6-7,10,13H,5,8-9,11H2,1-4H3,(H,21,25). The van der Waals surface area contributed by atoms with E-state index in [1.807, 2.05) is 0 Å². The number of carbonyl (C=O) groups excluding carboxylic acids is 1. The lowest BCUT2D eigenvalue weighted by atomic mass is 10.1. The lowest BCUT2D eigenvalue weighted by Gasteiger charge is -2.16. The molecule has 1 aliphatic heterocycles. The fourth-order valence-electron chi connectivity index (χ4n) is 3.28. The van der Waals surface area contributed by atoms with E-state index in [0.29, 0.717) is 22.7 Å². The van der Waals surface area contributed by atoms with Crippen molar-refractivity contribution in [3.63, 3.8) is 0 Å². The van der Waals surface area contributed by atoms with Crippen molar-refractivity contribution in [2.75, 3.05) is 45.7 Å². The van der Waals surface area contributed by atoms with E-state index in [1.165, 1.54) is 19.2 Å². The predicted octanol–water partition coefficient (Wildman–Crippen LogP) is 2.38. The van der Waals surface area contributed by atoms with Crippen LogP contribution in [0.15, 0.2) is 22.7 Å². The van der Waals surface area contributed by atoms with Crippen molar-refractivity contribution in [2.45, 2.75) is 19.4 Å². The molecule has 0 bridgehead atoms. The van der Waals surface area contributed by atoms with Gasteiger partial charge in [-0.3, -0.25) is 4.79 Å². The van der Waals surface area contributed by atoms with Crippen molar-refractivity contribution in [1.82, 2.24) is 15.4 Å². The minimum absolute atomic E-state index is 0.0797. The maximum atomic E-state index is 13.8. The molecule has 1 amide bonds. The summed E-state index contributed by atoms with van der Waals surface area (Å²) >= 11 is 0. The Kier molecular flexibility index (Phi) is 5.65. The van der Waals surface area contributed by atoms with Crippen LogP contribution in [0.25, 0.3) is 11.3 Å². The van der Waals surface area contributed by atoms with Crippen molar-refractivity contribution in [1.29, 1.82) is 0 Å². The summed E-state index contributed by atoms with van der Waals surface area (Å²) in [5, 5.41) is 7.12. The maximum Gasteiger partial charge on any atom is 0.259 e. The smallest absolute Gasteiger partial charge is 0.259 e. The predicted molar refractivity (Wildman–Crippen MR) is 101 cm³/mol. The molecule has 2 heterocycles. The van der Waals surface area contributed by atoms with E-state index < -0.39 is 5.82 Å². The largest absolute Gasteiger partial charge is 0.494 e. The first-order valence-corrected chi connectivity index (χ1v) is 8.98. The molecule has 1 aromatic heterocycles. The molecule has 0 spiro atoms. The second-order valence-electron chi connectivity index (χ2n) is 6.81. The zero-order valence-electron chi connectivity index (χ0n) is 16.1. The van der Waals surface area contributed by atoms with Crippen molar-refractivity contribution < 1.29 is 18.4 Å². The number of likely N-dealkylation sites (tertiary alicyclic amines) is 1. The number of nitrogens with one attached hydrogen (secondary N) is 1. The van der Waals surface area contributed by atoms with Crippen LogP contribution in [0.4, 0.5) is 10.2 Å². The Labute approximate surface area is 158 Å². The van der Waals surface area contributed by atoms with Crippen LogP contribution in [0.1, 0.15) is 23.7 Å². The third-order valence-corrected chi connectivity index (χ3v) is 4.79. The summed E-state index contributed by atoms with van der Waals surface area (Å²) in [6.45, 7) is 4.86. The molecule has 1 saturated heterocycles. The van der Waals surface area contributed by atoms with E-state index in [9.17, 15) is 9.18 Å². The van der Waals surface area contributed by atoms with E-state index in [4.69, 9.17) is 9.26 Å². The number of hydrogen-bond donors (Lipinski definition) is 1. The van der Waals surface area contributed by atoms with Gasteiger partial charge < -0.3 is 24.4 Å². The summed E-state index contributed by atoms with van der Waals surface area (Å²) in [6.07, 6.45) is 0.905. The number of rotatable bonds is 6. The van der Waals surface area contributed by atoms with Crippen LogP contribution in [-0.4, -0.2) is 62.8 Å². The average Bonchev–Trinajstić information content (AvgIpc) is 3.28. The Balaban J connectivity index is 1.94. The number of halogens is 1. The quantitative estimate of drug-likeness (QED) is 0.835. The Morgan fingerprint density at radius 3 is 2.89 bits per heavy atom. The van der Waals surface area contributed by atoms with Crippen molar-refractivity contribution in [3.8, 4) is 17.1 Å². The molecule has 0 radical (unpaired) electrons. The summed E-state index contributed by atoms with van der Waals surface area (Å²) in [5.41, 5.74) is 0.865. The molecule has 0 saturated carbocycles. The Bertz CT molecular complexity index is 821. The summed E-state index contributed by atoms with van der Waals surface area (Å²) in [7, 11) is 4.97. The highest BCUT2D eigenvalue weighted by atomic mass is 19.1. The molecule has 2 aromatic rings. The van der Waals surface area contributed by atoms with Crippen LogP contribution in [0.3, 0.4) is 0 Å². The van der Waals surface area contributed by atoms with Gasteiger partial charge in [-0.2, -0.15) is 0 Å². The number of benzene rings is 1. The molecule has 146 valence electrons. The average molecular weight is 376 g/mol. The Hall–Kier alpha value is -2.61. The van der Waals surface area contributed by atoms with Crippen LogP contribution in [0.5, 0.6) is 5.75 Å². The van der Waals surface area contributed by atoms with Gasteiger partial charge in [-0.15, -0.1) is 0 Å². The summed E-state index contributed by atoms with van der Waals surface area (Å²) in [6, 6.07) is 4.41. The molecule has 7 nitrogen and oxygen atoms in total. The molecular weight excluding hydrogens is 351 g/mol. The van der Waals surface area contributed by atoms with E-state index in [2.05, 4.69) is 22.3 Å². The van der Waals surface area contributed by atoms with Crippen LogP contribution < -0.4 is 15.0 Å². The fraction of sp³-hybridized carbons (Fsp3) is 0.474. The molecule has 1 aromatic carbocycles. The van der Waals surface area contributed by atoms with E-state index in [1.54, 1.807) is 25.1 Å². The van der Waals surface area contributed by atoms with Crippen LogP contribution in [0.2, 0.25) is 0 Å². The first-order chi connectivity index (χ1) is 12.9. The normalized spacial score (nSPS) is 17.1. The van der Waals surface area contributed by atoms with Gasteiger partial charge in [0, 0.05) is 38.8 Å². The first-order valence-electron chi connectivity index (χ1n) is 8.98. The van der Waals surface area contributed by atoms with Gasteiger partial charge in [0.1, 0.15) is 5.56 Å². The van der Waals surface area contributed by atoms with Crippen LogP contribution >= 0.6 is 0 Å². The topological polar surface area (TPSA) is 70.8 Å². The molecule has 0 aliphatic carbocycles. The van der Waals surface area contributed by atoms with Gasteiger partial charge in [0.2, 0.25) is 0 Å². The molecule has 27 heavy (non-hydrogen) atoms.